The molecule has 34 heavy (non-hydrogen) atoms. The molecule has 0 atom stereocenters. The van der Waals surface area contributed by atoms with Gasteiger partial charge in [-0.25, -0.2) is 10.2 Å². The maximum absolute atomic E-state index is 13.1. The molecule has 0 aliphatic carbocycles. The Bertz CT molecular complexity index is 1380. The van der Waals surface area contributed by atoms with Crippen molar-refractivity contribution in [2.24, 2.45) is 0 Å². The van der Waals surface area contributed by atoms with Gasteiger partial charge in [-0.2, -0.15) is 0 Å². The van der Waals surface area contributed by atoms with Crippen LogP contribution in [0, 0.1) is 0 Å². The molecule has 9 heteroatoms. The van der Waals surface area contributed by atoms with Gasteiger partial charge in [0.2, 0.25) is 0 Å². The van der Waals surface area contributed by atoms with Crippen LogP contribution < -0.4 is 20.5 Å². The molecule has 0 aromatic heterocycles. The van der Waals surface area contributed by atoms with Gasteiger partial charge in [0.1, 0.15) is 5.75 Å². The third kappa shape index (κ3) is 4.51. The number of carbonyl (C=O) groups excluding carboxylic acids is 2. The van der Waals surface area contributed by atoms with Crippen molar-refractivity contribution in [1.29, 1.82) is 0 Å². The van der Waals surface area contributed by atoms with Crippen LogP contribution in [0.3, 0.4) is 0 Å². The number of hydrogen-bond acceptors (Lipinski definition) is 4. The summed E-state index contributed by atoms with van der Waals surface area (Å²) in [5, 5.41) is 2.00. The lowest BCUT2D eigenvalue weighted by Gasteiger charge is -2.30. The van der Waals surface area contributed by atoms with Crippen LogP contribution in [0.5, 0.6) is 5.75 Å². The van der Waals surface area contributed by atoms with Gasteiger partial charge in [-0.3, -0.25) is 15.1 Å². The highest BCUT2D eigenvalue weighted by Gasteiger charge is 2.28. The molecule has 5 rings (SSSR count). The molecule has 0 saturated heterocycles. The first-order chi connectivity index (χ1) is 16.5. The van der Waals surface area contributed by atoms with E-state index in [0.717, 1.165) is 40.9 Å². The van der Waals surface area contributed by atoms with E-state index in [9.17, 15) is 9.59 Å². The number of halogens is 2. The van der Waals surface area contributed by atoms with Gasteiger partial charge >= 0.3 is 6.03 Å². The second-order valence-electron chi connectivity index (χ2n) is 7.38. The van der Waals surface area contributed by atoms with Crippen molar-refractivity contribution in [1.82, 2.24) is 10.9 Å². The number of anilines is 2. The molecule has 4 aromatic carbocycles. The molecule has 1 aliphatic heterocycles. The topological polar surface area (TPSA) is 70.7 Å². The number of carbonyl (C=O) groups is 2. The first-order valence-electron chi connectivity index (χ1n) is 10.3. The third-order valence-electron chi connectivity index (χ3n) is 5.18. The largest absolute Gasteiger partial charge is 0.483 e. The summed E-state index contributed by atoms with van der Waals surface area (Å²) in [6, 6.07) is 24.4. The zero-order valence-corrected chi connectivity index (χ0v) is 21.5. The average molecular weight is 599 g/mol. The van der Waals surface area contributed by atoms with Crippen molar-refractivity contribution in [2.75, 3.05) is 11.5 Å². The van der Waals surface area contributed by atoms with Crippen LogP contribution in [0.4, 0.5) is 16.2 Å². The first kappa shape index (κ1) is 22.8. The Labute approximate surface area is 216 Å². The Morgan fingerprint density at radius 1 is 0.853 bits per heavy atom. The van der Waals surface area contributed by atoms with Crippen LogP contribution in [-0.2, 0) is 4.79 Å². The number of nitrogens with zero attached hydrogens (tertiary/aromatic N) is 1. The maximum atomic E-state index is 13.1. The molecular formula is C25H17Br2N3O3S. The standard InChI is InChI=1S/C25H17Br2N3O3S/c26-16-10-11-17-15(13-16)9-12-20(24(17)27)33-14-23(31)28-29-25(32)30-18-5-1-3-7-21(18)34-22-8-4-2-6-19(22)30/h1-13H,14H2,(H,28,31)(H,29,32). The summed E-state index contributed by atoms with van der Waals surface area (Å²) in [6.07, 6.45) is 0. The van der Waals surface area contributed by atoms with Crippen LogP contribution in [-0.4, -0.2) is 18.5 Å². The molecule has 0 radical (unpaired) electrons. The monoisotopic (exact) mass is 597 g/mol. The minimum atomic E-state index is -0.482. The van der Waals surface area contributed by atoms with Crippen molar-refractivity contribution < 1.29 is 14.3 Å². The fourth-order valence-corrected chi connectivity index (χ4v) is 5.68. The quantitative estimate of drug-likeness (QED) is 0.255. The van der Waals surface area contributed by atoms with Crippen molar-refractivity contribution in [3.63, 3.8) is 0 Å². The molecule has 2 N–H and O–H groups in total. The molecule has 1 heterocycles. The minimum Gasteiger partial charge on any atom is -0.483 e. The number of para-hydroxylation sites is 2. The summed E-state index contributed by atoms with van der Waals surface area (Å²) < 4.78 is 7.43. The molecule has 6 nitrogen and oxygen atoms in total. The van der Waals surface area contributed by atoms with Crippen LogP contribution in [0.25, 0.3) is 10.8 Å². The molecule has 0 bridgehead atoms. The lowest BCUT2D eigenvalue weighted by molar-refractivity contribution is -0.123. The fourth-order valence-electron chi connectivity index (χ4n) is 3.64. The molecule has 0 fully saturated rings. The predicted octanol–water partition coefficient (Wildman–Crippen LogP) is 6.79. The number of nitrogens with one attached hydrogen (secondary N) is 2. The Morgan fingerprint density at radius 2 is 1.53 bits per heavy atom. The highest BCUT2D eigenvalue weighted by atomic mass is 79.9. The highest BCUT2D eigenvalue weighted by molar-refractivity contribution is 9.11. The number of rotatable bonds is 3. The lowest BCUT2D eigenvalue weighted by atomic mass is 10.1. The van der Waals surface area contributed by atoms with Crippen LogP contribution >= 0.6 is 43.6 Å². The zero-order valence-electron chi connectivity index (χ0n) is 17.5. The summed E-state index contributed by atoms with van der Waals surface area (Å²) in [7, 11) is 0. The number of fused-ring (bicyclic) bond motifs is 3. The van der Waals surface area contributed by atoms with Crippen LogP contribution in [0.15, 0.2) is 97.6 Å². The third-order valence-corrected chi connectivity index (χ3v) is 7.63. The van der Waals surface area contributed by atoms with Crippen molar-refractivity contribution in [3.8, 4) is 5.75 Å². The van der Waals surface area contributed by atoms with E-state index in [1.807, 2.05) is 72.8 Å². The Kier molecular flexibility index (Phi) is 6.49. The number of amides is 3. The summed E-state index contributed by atoms with van der Waals surface area (Å²) in [5.41, 5.74) is 6.45. The Morgan fingerprint density at radius 3 is 2.24 bits per heavy atom. The van der Waals surface area contributed by atoms with Gasteiger partial charge in [0, 0.05) is 14.3 Å². The Balaban J connectivity index is 1.25. The smallest absolute Gasteiger partial charge is 0.345 e. The fraction of sp³-hybridized carbons (Fsp3) is 0.0400. The van der Waals surface area contributed by atoms with E-state index in [2.05, 4.69) is 42.7 Å². The summed E-state index contributed by atoms with van der Waals surface area (Å²) in [5.74, 6) is 0.0521. The van der Waals surface area contributed by atoms with E-state index in [4.69, 9.17) is 4.74 Å². The van der Waals surface area contributed by atoms with Crippen molar-refractivity contribution in [2.45, 2.75) is 9.79 Å². The molecule has 1 aliphatic rings. The summed E-state index contributed by atoms with van der Waals surface area (Å²) in [6.45, 7) is -0.260. The summed E-state index contributed by atoms with van der Waals surface area (Å²) >= 11 is 8.61. The number of urea groups is 1. The van der Waals surface area contributed by atoms with Crippen LogP contribution in [0.1, 0.15) is 0 Å². The van der Waals surface area contributed by atoms with E-state index in [0.29, 0.717) is 5.75 Å². The highest BCUT2D eigenvalue weighted by Crippen LogP contribution is 2.47. The maximum Gasteiger partial charge on any atom is 0.345 e. The SMILES string of the molecule is O=C(COc1ccc2cc(Br)ccc2c1Br)NNC(=O)N1c2ccccc2Sc2ccccc21. The van der Waals surface area contributed by atoms with Gasteiger partial charge in [-0.05, 0) is 69.2 Å². The van der Waals surface area contributed by atoms with Gasteiger partial charge in [0.25, 0.3) is 5.91 Å². The van der Waals surface area contributed by atoms with Gasteiger partial charge in [-0.15, -0.1) is 0 Å². The zero-order chi connectivity index (χ0) is 23.7. The Hall–Kier alpha value is -3.01. The average Bonchev–Trinajstić information content (AvgIpc) is 2.85. The van der Waals surface area contributed by atoms with Crippen LogP contribution in [0.2, 0.25) is 0 Å². The predicted molar refractivity (Wildman–Crippen MR) is 141 cm³/mol. The number of hydrogen-bond donors (Lipinski definition) is 2. The molecule has 0 unspecified atom stereocenters. The minimum absolute atomic E-state index is 0.260. The molecule has 0 spiro atoms. The molecular weight excluding hydrogens is 582 g/mol. The first-order valence-corrected chi connectivity index (χ1v) is 12.7. The van der Waals surface area contributed by atoms with E-state index in [-0.39, 0.29) is 6.61 Å². The van der Waals surface area contributed by atoms with Gasteiger partial charge in [0.15, 0.2) is 6.61 Å². The van der Waals surface area contributed by atoms with E-state index in [1.54, 1.807) is 22.7 Å². The molecule has 0 saturated carbocycles. The van der Waals surface area contributed by atoms with Crippen molar-refractivity contribution >= 4 is 77.7 Å². The lowest BCUT2D eigenvalue weighted by Crippen LogP contribution is -2.49. The molecule has 3 amide bonds. The van der Waals surface area contributed by atoms with E-state index >= 15 is 0 Å². The normalized spacial score (nSPS) is 12.0. The number of ether oxygens (including phenoxy) is 1. The van der Waals surface area contributed by atoms with E-state index < -0.39 is 11.9 Å². The van der Waals surface area contributed by atoms with Gasteiger partial charge in [0.05, 0.1) is 15.8 Å². The van der Waals surface area contributed by atoms with Gasteiger partial charge in [-0.1, -0.05) is 64.1 Å². The number of benzene rings is 4. The number of hydrazine groups is 1. The van der Waals surface area contributed by atoms with Gasteiger partial charge < -0.3 is 4.74 Å². The van der Waals surface area contributed by atoms with E-state index in [1.165, 1.54) is 0 Å². The second-order valence-corrected chi connectivity index (χ2v) is 10.2. The molecule has 4 aromatic rings. The summed E-state index contributed by atoms with van der Waals surface area (Å²) in [4.78, 5) is 29.0. The molecule has 170 valence electrons. The van der Waals surface area contributed by atoms with Crippen molar-refractivity contribution in [3.05, 3.63) is 87.8 Å². The second kappa shape index (κ2) is 9.69.